The number of hydrogen-bond acceptors (Lipinski definition) is 3. The minimum atomic E-state index is -4.62. The Morgan fingerprint density at radius 2 is 1.79 bits per heavy atom. The van der Waals surface area contributed by atoms with Gasteiger partial charge in [0, 0.05) is 6.54 Å². The smallest absolute Gasteiger partial charge is 0.418 e. The summed E-state index contributed by atoms with van der Waals surface area (Å²) in [5.74, 6) is 0.733. The van der Waals surface area contributed by atoms with Crippen molar-refractivity contribution in [1.82, 2.24) is 5.32 Å². The fraction of sp³-hybridized carbons (Fsp3) is 0.538. The number of alkyl halides is 3. The van der Waals surface area contributed by atoms with E-state index in [-0.39, 0.29) is 0 Å². The average molecular weight is 277 g/mol. The SMILES string of the molecule is COc1ccc(CCNCC(C)(O)C(F)(F)F)cc1. The predicted octanol–water partition coefficient (Wildman–Crippen LogP) is 2.14. The van der Waals surface area contributed by atoms with Crippen molar-refractivity contribution in [3.05, 3.63) is 29.8 Å². The van der Waals surface area contributed by atoms with Gasteiger partial charge in [0.2, 0.25) is 0 Å². The van der Waals surface area contributed by atoms with Gasteiger partial charge in [-0.2, -0.15) is 13.2 Å². The highest BCUT2D eigenvalue weighted by molar-refractivity contribution is 5.27. The molecule has 19 heavy (non-hydrogen) atoms. The molecule has 1 atom stereocenters. The van der Waals surface area contributed by atoms with Crippen molar-refractivity contribution in [2.45, 2.75) is 25.1 Å². The van der Waals surface area contributed by atoms with Crippen LogP contribution in [0.2, 0.25) is 0 Å². The molecule has 0 fully saturated rings. The van der Waals surface area contributed by atoms with Crippen LogP contribution in [0.4, 0.5) is 13.2 Å². The minimum Gasteiger partial charge on any atom is -0.497 e. The molecule has 0 saturated carbocycles. The molecule has 0 spiro atoms. The van der Waals surface area contributed by atoms with Gasteiger partial charge in [0.15, 0.2) is 5.60 Å². The van der Waals surface area contributed by atoms with E-state index in [2.05, 4.69) is 5.32 Å². The van der Waals surface area contributed by atoms with Crippen LogP contribution in [-0.2, 0) is 6.42 Å². The van der Waals surface area contributed by atoms with Gasteiger partial charge in [-0.1, -0.05) is 12.1 Å². The fourth-order valence-corrected chi connectivity index (χ4v) is 1.46. The first-order valence-electron chi connectivity index (χ1n) is 5.89. The first-order valence-corrected chi connectivity index (χ1v) is 5.89. The Kier molecular flexibility index (Phi) is 5.20. The van der Waals surface area contributed by atoms with Crippen LogP contribution in [0.5, 0.6) is 5.75 Å². The highest BCUT2D eigenvalue weighted by atomic mass is 19.4. The molecular formula is C13H18F3NO2. The molecule has 0 aromatic heterocycles. The Hall–Kier alpha value is -1.27. The van der Waals surface area contributed by atoms with Crippen LogP contribution in [0.15, 0.2) is 24.3 Å². The number of rotatable bonds is 6. The summed E-state index contributed by atoms with van der Waals surface area (Å²) in [6.45, 7) is 0.596. The lowest BCUT2D eigenvalue weighted by Gasteiger charge is -2.26. The number of benzene rings is 1. The van der Waals surface area contributed by atoms with Crippen LogP contribution in [-0.4, -0.2) is 37.1 Å². The Labute approximate surface area is 110 Å². The second-order valence-corrected chi connectivity index (χ2v) is 4.55. The largest absolute Gasteiger partial charge is 0.497 e. The maximum Gasteiger partial charge on any atom is 0.418 e. The molecule has 1 unspecified atom stereocenters. The summed E-state index contributed by atoms with van der Waals surface area (Å²) in [5, 5.41) is 11.8. The van der Waals surface area contributed by atoms with E-state index in [9.17, 15) is 18.3 Å². The van der Waals surface area contributed by atoms with Crippen LogP contribution in [0, 0.1) is 0 Å². The first kappa shape index (κ1) is 15.8. The lowest BCUT2D eigenvalue weighted by molar-refractivity contribution is -0.250. The second-order valence-electron chi connectivity index (χ2n) is 4.55. The quantitative estimate of drug-likeness (QED) is 0.783. The summed E-state index contributed by atoms with van der Waals surface area (Å²) >= 11 is 0. The van der Waals surface area contributed by atoms with E-state index in [4.69, 9.17) is 4.74 Å². The van der Waals surface area contributed by atoms with E-state index in [1.54, 1.807) is 19.2 Å². The monoisotopic (exact) mass is 277 g/mol. The summed E-state index contributed by atoms with van der Waals surface area (Å²) in [6.07, 6.45) is -4.04. The van der Waals surface area contributed by atoms with Crippen molar-refractivity contribution in [3.8, 4) is 5.75 Å². The van der Waals surface area contributed by atoms with Gasteiger partial charge < -0.3 is 15.2 Å². The Bertz CT molecular complexity index is 388. The van der Waals surface area contributed by atoms with Crippen molar-refractivity contribution >= 4 is 0 Å². The number of hydrogen-bond donors (Lipinski definition) is 2. The van der Waals surface area contributed by atoms with Crippen molar-refractivity contribution in [2.75, 3.05) is 20.2 Å². The van der Waals surface area contributed by atoms with Crippen molar-refractivity contribution in [1.29, 1.82) is 0 Å². The van der Waals surface area contributed by atoms with Crippen molar-refractivity contribution in [3.63, 3.8) is 0 Å². The Balaban J connectivity index is 2.34. The number of halogens is 3. The number of methoxy groups -OCH3 is 1. The van der Waals surface area contributed by atoms with Crippen LogP contribution in [0.25, 0.3) is 0 Å². The molecule has 0 aliphatic rings. The van der Waals surface area contributed by atoms with Crippen LogP contribution < -0.4 is 10.1 Å². The summed E-state index contributed by atoms with van der Waals surface area (Å²) in [5.41, 5.74) is -1.72. The molecule has 0 aliphatic carbocycles. The zero-order chi connectivity index (χ0) is 14.5. The summed E-state index contributed by atoms with van der Waals surface area (Å²) in [4.78, 5) is 0. The molecule has 0 radical (unpaired) electrons. The molecular weight excluding hydrogens is 259 g/mol. The minimum absolute atomic E-state index is 0.360. The number of ether oxygens (including phenoxy) is 1. The summed E-state index contributed by atoms with van der Waals surface area (Å²) in [7, 11) is 1.57. The third kappa shape index (κ3) is 4.72. The molecule has 1 rings (SSSR count). The van der Waals surface area contributed by atoms with Gasteiger partial charge in [-0.25, -0.2) is 0 Å². The zero-order valence-electron chi connectivity index (χ0n) is 10.9. The molecule has 2 N–H and O–H groups in total. The third-order valence-electron chi connectivity index (χ3n) is 2.83. The maximum absolute atomic E-state index is 12.4. The molecule has 0 heterocycles. The van der Waals surface area contributed by atoms with Crippen LogP contribution in [0.3, 0.4) is 0 Å². The molecule has 1 aromatic rings. The molecule has 0 bridgehead atoms. The van der Waals surface area contributed by atoms with E-state index < -0.39 is 18.3 Å². The molecule has 1 aromatic carbocycles. The van der Waals surface area contributed by atoms with Gasteiger partial charge >= 0.3 is 6.18 Å². The predicted molar refractivity (Wildman–Crippen MR) is 66.2 cm³/mol. The van der Waals surface area contributed by atoms with Gasteiger partial charge in [-0.15, -0.1) is 0 Å². The first-order chi connectivity index (χ1) is 8.76. The van der Waals surface area contributed by atoms with E-state index in [1.807, 2.05) is 12.1 Å². The fourth-order valence-electron chi connectivity index (χ4n) is 1.46. The standard InChI is InChI=1S/C13H18F3NO2/c1-12(18,13(14,15)16)9-17-8-7-10-3-5-11(19-2)6-4-10/h3-6,17-18H,7-9H2,1-2H3. The highest BCUT2D eigenvalue weighted by Crippen LogP contribution is 2.29. The van der Waals surface area contributed by atoms with E-state index in [0.717, 1.165) is 18.2 Å². The molecule has 0 saturated heterocycles. The van der Waals surface area contributed by atoms with Crippen LogP contribution >= 0.6 is 0 Å². The van der Waals surface area contributed by atoms with Gasteiger partial charge in [0.25, 0.3) is 0 Å². The number of nitrogens with one attached hydrogen (secondary N) is 1. The van der Waals surface area contributed by atoms with Gasteiger partial charge in [-0.3, -0.25) is 0 Å². The zero-order valence-corrected chi connectivity index (χ0v) is 10.9. The molecule has 6 heteroatoms. The van der Waals surface area contributed by atoms with E-state index in [0.29, 0.717) is 13.0 Å². The third-order valence-corrected chi connectivity index (χ3v) is 2.83. The van der Waals surface area contributed by atoms with Crippen molar-refractivity contribution < 1.29 is 23.0 Å². The van der Waals surface area contributed by atoms with Gasteiger partial charge in [0.05, 0.1) is 7.11 Å². The Morgan fingerprint density at radius 1 is 1.21 bits per heavy atom. The second kappa shape index (κ2) is 6.25. The van der Waals surface area contributed by atoms with Gasteiger partial charge in [0.1, 0.15) is 5.75 Å². The average Bonchev–Trinajstić information content (AvgIpc) is 2.34. The van der Waals surface area contributed by atoms with E-state index >= 15 is 0 Å². The molecule has 0 amide bonds. The topological polar surface area (TPSA) is 41.5 Å². The van der Waals surface area contributed by atoms with E-state index in [1.165, 1.54) is 0 Å². The van der Waals surface area contributed by atoms with Crippen LogP contribution in [0.1, 0.15) is 12.5 Å². The lowest BCUT2D eigenvalue weighted by Crippen LogP contribution is -2.50. The Morgan fingerprint density at radius 3 is 2.26 bits per heavy atom. The number of aliphatic hydroxyl groups is 1. The normalized spacial score (nSPS) is 15.1. The summed E-state index contributed by atoms with van der Waals surface area (Å²) in [6, 6.07) is 7.28. The molecule has 108 valence electrons. The highest BCUT2D eigenvalue weighted by Gasteiger charge is 2.49. The lowest BCUT2D eigenvalue weighted by atomic mass is 10.1. The molecule has 0 aliphatic heterocycles. The van der Waals surface area contributed by atoms with Crippen molar-refractivity contribution in [2.24, 2.45) is 0 Å². The summed E-state index contributed by atoms with van der Waals surface area (Å²) < 4.78 is 42.1. The molecule has 3 nitrogen and oxygen atoms in total. The maximum atomic E-state index is 12.4. The van der Waals surface area contributed by atoms with Gasteiger partial charge in [-0.05, 0) is 37.6 Å².